The molecular weight excluding hydrogens is 366 g/mol. The molecule has 23 heavy (non-hydrogen) atoms. The number of nitrogens with one attached hydrogen (secondary N) is 2. The molecule has 0 aliphatic rings. The minimum Gasteiger partial charge on any atom is -0.267 e. The van der Waals surface area contributed by atoms with Gasteiger partial charge < -0.3 is 0 Å². The number of aryl methyl sites for hydroxylation is 1. The second-order valence-corrected chi connectivity index (χ2v) is 5.53. The summed E-state index contributed by atoms with van der Waals surface area (Å²) in [5.41, 5.74) is 5.99. The second kappa shape index (κ2) is 7.01. The molecule has 0 saturated heterocycles. The highest BCUT2D eigenvalue weighted by Crippen LogP contribution is 2.17. The molecule has 118 valence electrons. The van der Waals surface area contributed by atoms with E-state index in [1.165, 1.54) is 24.3 Å². The molecule has 0 heterocycles. The Labute approximate surface area is 139 Å². The van der Waals surface area contributed by atoms with Crippen molar-refractivity contribution in [1.29, 1.82) is 0 Å². The zero-order chi connectivity index (χ0) is 17.0. The van der Waals surface area contributed by atoms with E-state index in [0.29, 0.717) is 5.56 Å². The number of non-ortho nitro benzene ring substituents is 1. The number of benzene rings is 2. The van der Waals surface area contributed by atoms with Crippen LogP contribution in [0.1, 0.15) is 26.3 Å². The van der Waals surface area contributed by atoms with Crippen LogP contribution >= 0.6 is 15.9 Å². The molecule has 0 radical (unpaired) electrons. The van der Waals surface area contributed by atoms with E-state index >= 15 is 0 Å². The number of nitrogens with zero attached hydrogens (tertiary/aromatic N) is 1. The molecule has 0 atom stereocenters. The van der Waals surface area contributed by atoms with Gasteiger partial charge in [-0.05, 0) is 36.8 Å². The molecule has 8 heteroatoms. The van der Waals surface area contributed by atoms with Gasteiger partial charge in [0.15, 0.2) is 0 Å². The third-order valence-corrected chi connectivity index (χ3v) is 3.92. The van der Waals surface area contributed by atoms with E-state index in [4.69, 9.17) is 0 Å². The number of nitro groups is 1. The molecule has 0 spiro atoms. The van der Waals surface area contributed by atoms with Crippen LogP contribution in [-0.2, 0) is 0 Å². The largest absolute Gasteiger partial charge is 0.269 e. The Bertz CT molecular complexity index is 775. The molecule has 0 bridgehead atoms. The predicted molar refractivity (Wildman–Crippen MR) is 86.9 cm³/mol. The van der Waals surface area contributed by atoms with Crippen molar-refractivity contribution in [3.63, 3.8) is 0 Å². The van der Waals surface area contributed by atoms with Crippen LogP contribution in [0.4, 0.5) is 5.69 Å². The highest BCUT2D eigenvalue weighted by atomic mass is 79.9. The Kier molecular flexibility index (Phi) is 5.07. The van der Waals surface area contributed by atoms with E-state index in [2.05, 4.69) is 26.8 Å². The van der Waals surface area contributed by atoms with E-state index < -0.39 is 16.7 Å². The van der Waals surface area contributed by atoms with Gasteiger partial charge in [0.1, 0.15) is 0 Å². The van der Waals surface area contributed by atoms with Gasteiger partial charge in [-0.1, -0.05) is 22.0 Å². The first-order valence-electron chi connectivity index (χ1n) is 6.50. The fourth-order valence-corrected chi connectivity index (χ4v) is 2.11. The first kappa shape index (κ1) is 16.6. The average Bonchev–Trinajstić information content (AvgIpc) is 2.54. The summed E-state index contributed by atoms with van der Waals surface area (Å²) >= 11 is 3.33. The molecule has 0 saturated carbocycles. The highest BCUT2D eigenvalue weighted by molar-refractivity contribution is 9.10. The minimum absolute atomic E-state index is 0.116. The summed E-state index contributed by atoms with van der Waals surface area (Å²) in [6, 6.07) is 10.1. The molecule has 2 rings (SSSR count). The van der Waals surface area contributed by atoms with Gasteiger partial charge in [-0.2, -0.15) is 0 Å². The first-order valence-corrected chi connectivity index (χ1v) is 7.29. The van der Waals surface area contributed by atoms with Gasteiger partial charge >= 0.3 is 0 Å². The van der Waals surface area contributed by atoms with Gasteiger partial charge in [-0.25, -0.2) is 0 Å². The van der Waals surface area contributed by atoms with E-state index in [1.807, 2.05) is 6.92 Å². The molecule has 2 N–H and O–H groups in total. The number of hydrazine groups is 1. The molecule has 0 unspecified atom stereocenters. The van der Waals surface area contributed by atoms with Crippen LogP contribution in [0, 0.1) is 17.0 Å². The van der Waals surface area contributed by atoms with Gasteiger partial charge in [0.05, 0.1) is 4.92 Å². The van der Waals surface area contributed by atoms with Crippen molar-refractivity contribution in [1.82, 2.24) is 10.9 Å². The Balaban J connectivity index is 1.99. The Morgan fingerprint density at radius 1 is 1.00 bits per heavy atom. The molecule has 2 aromatic carbocycles. The van der Waals surface area contributed by atoms with E-state index in [1.54, 1.807) is 18.2 Å². The quantitative estimate of drug-likeness (QED) is 0.633. The van der Waals surface area contributed by atoms with E-state index in [-0.39, 0.29) is 11.3 Å². The average molecular weight is 378 g/mol. The van der Waals surface area contributed by atoms with Crippen LogP contribution in [0.3, 0.4) is 0 Å². The lowest BCUT2D eigenvalue weighted by molar-refractivity contribution is -0.384. The first-order chi connectivity index (χ1) is 10.9. The van der Waals surface area contributed by atoms with E-state index in [0.717, 1.165) is 10.0 Å². The number of rotatable bonds is 3. The molecule has 2 amide bonds. The second-order valence-electron chi connectivity index (χ2n) is 4.68. The van der Waals surface area contributed by atoms with Crippen LogP contribution in [-0.4, -0.2) is 16.7 Å². The summed E-state index contributed by atoms with van der Waals surface area (Å²) < 4.78 is 0.784. The molecule has 0 aromatic heterocycles. The summed E-state index contributed by atoms with van der Waals surface area (Å²) in [6.07, 6.45) is 0. The normalized spacial score (nSPS) is 10.0. The van der Waals surface area contributed by atoms with Gasteiger partial charge in [-0.3, -0.25) is 30.6 Å². The van der Waals surface area contributed by atoms with E-state index in [9.17, 15) is 19.7 Å². The Morgan fingerprint density at radius 2 is 1.52 bits per heavy atom. The molecule has 2 aromatic rings. The standard InChI is InChI=1S/C15H12BrN3O4/c1-9-2-3-11(8-13(9)16)15(21)18-17-14(20)10-4-6-12(7-5-10)19(22)23/h2-8H,1H3,(H,17,20)(H,18,21). The van der Waals surface area contributed by atoms with Crippen molar-refractivity contribution >= 4 is 33.4 Å². The van der Waals surface area contributed by atoms with Gasteiger partial charge in [0.2, 0.25) is 0 Å². The van der Waals surface area contributed by atoms with Gasteiger partial charge in [-0.15, -0.1) is 0 Å². The smallest absolute Gasteiger partial charge is 0.267 e. The van der Waals surface area contributed by atoms with Crippen LogP contribution in [0.25, 0.3) is 0 Å². The van der Waals surface area contributed by atoms with Crippen LogP contribution < -0.4 is 10.9 Å². The summed E-state index contributed by atoms with van der Waals surface area (Å²) in [6.45, 7) is 1.89. The summed E-state index contributed by atoms with van der Waals surface area (Å²) in [5, 5.41) is 10.5. The summed E-state index contributed by atoms with van der Waals surface area (Å²) in [5.74, 6) is -1.04. The number of hydrogen-bond acceptors (Lipinski definition) is 4. The zero-order valence-electron chi connectivity index (χ0n) is 12.0. The van der Waals surface area contributed by atoms with Crippen molar-refractivity contribution < 1.29 is 14.5 Å². The fourth-order valence-electron chi connectivity index (χ4n) is 1.73. The maximum absolute atomic E-state index is 12.0. The number of hydrogen-bond donors (Lipinski definition) is 2. The van der Waals surface area contributed by atoms with Crippen LogP contribution in [0.15, 0.2) is 46.9 Å². The number of carbonyl (C=O) groups is 2. The topological polar surface area (TPSA) is 101 Å². The third kappa shape index (κ3) is 4.13. The minimum atomic E-state index is -0.570. The molecule has 0 aliphatic heterocycles. The molecular formula is C15H12BrN3O4. The number of nitro benzene ring substituents is 1. The van der Waals surface area contributed by atoms with Gasteiger partial charge in [0.25, 0.3) is 17.5 Å². The lowest BCUT2D eigenvalue weighted by atomic mass is 10.1. The zero-order valence-corrected chi connectivity index (χ0v) is 13.6. The van der Waals surface area contributed by atoms with Crippen molar-refractivity contribution in [3.05, 3.63) is 73.7 Å². The Morgan fingerprint density at radius 3 is 2.04 bits per heavy atom. The molecule has 7 nitrogen and oxygen atoms in total. The monoisotopic (exact) mass is 377 g/mol. The lowest BCUT2D eigenvalue weighted by Gasteiger charge is -2.08. The third-order valence-electron chi connectivity index (χ3n) is 3.06. The SMILES string of the molecule is Cc1ccc(C(=O)NNC(=O)c2ccc([N+](=O)[O-])cc2)cc1Br. The summed E-state index contributed by atoms with van der Waals surface area (Å²) in [7, 11) is 0. The number of halogens is 1. The fraction of sp³-hybridized carbons (Fsp3) is 0.0667. The van der Waals surface area contributed by atoms with Crippen molar-refractivity contribution in [2.24, 2.45) is 0 Å². The molecule has 0 aliphatic carbocycles. The van der Waals surface area contributed by atoms with Crippen molar-refractivity contribution in [2.45, 2.75) is 6.92 Å². The Hall–Kier alpha value is -2.74. The van der Waals surface area contributed by atoms with Gasteiger partial charge in [0, 0.05) is 27.7 Å². The van der Waals surface area contributed by atoms with Crippen LogP contribution in [0.5, 0.6) is 0 Å². The molecule has 0 fully saturated rings. The lowest BCUT2D eigenvalue weighted by Crippen LogP contribution is -2.41. The summed E-state index contributed by atoms with van der Waals surface area (Å²) in [4.78, 5) is 33.8. The van der Waals surface area contributed by atoms with Crippen LogP contribution in [0.2, 0.25) is 0 Å². The van der Waals surface area contributed by atoms with Crippen molar-refractivity contribution in [2.75, 3.05) is 0 Å². The number of carbonyl (C=O) groups excluding carboxylic acids is 2. The van der Waals surface area contributed by atoms with Crippen molar-refractivity contribution in [3.8, 4) is 0 Å². The maximum atomic E-state index is 12.0. The number of amides is 2. The maximum Gasteiger partial charge on any atom is 0.269 e. The predicted octanol–water partition coefficient (Wildman–Crippen LogP) is 2.74. The highest BCUT2D eigenvalue weighted by Gasteiger charge is 2.11.